The van der Waals surface area contributed by atoms with Crippen molar-refractivity contribution in [3.8, 4) is 5.69 Å². The third kappa shape index (κ3) is 6.53. The molecule has 40 heavy (non-hydrogen) atoms. The number of amides is 1. The lowest BCUT2D eigenvalue weighted by atomic mass is 10.2. The maximum absolute atomic E-state index is 13.6. The van der Waals surface area contributed by atoms with Crippen LogP contribution in [0.25, 0.3) is 5.69 Å². The molecule has 4 rings (SSSR count). The van der Waals surface area contributed by atoms with Gasteiger partial charge in [-0.1, -0.05) is 52.5 Å². The molecular weight excluding hydrogens is 591 g/mol. The Kier molecular flexibility index (Phi) is 8.95. The van der Waals surface area contributed by atoms with Gasteiger partial charge in [0.05, 0.1) is 16.8 Å². The van der Waals surface area contributed by atoms with Crippen LogP contribution in [0.2, 0.25) is 15.1 Å². The topological polar surface area (TPSA) is 83.8 Å². The second-order valence-electron chi connectivity index (χ2n) is 9.34. The number of benzene rings is 3. The molecule has 4 aromatic rings. The molecule has 208 valence electrons. The summed E-state index contributed by atoms with van der Waals surface area (Å²) in [4.78, 5) is 13.1. The van der Waals surface area contributed by atoms with Gasteiger partial charge in [-0.15, -0.1) is 0 Å². The van der Waals surface area contributed by atoms with Crippen molar-refractivity contribution in [3.05, 3.63) is 110 Å². The summed E-state index contributed by atoms with van der Waals surface area (Å²) < 4.78 is 30.3. The number of rotatable bonds is 8. The number of carbonyl (C=O) groups is 1. The average molecular weight is 618 g/mol. The molecule has 1 aromatic heterocycles. The van der Waals surface area contributed by atoms with E-state index in [9.17, 15) is 13.2 Å². The zero-order valence-electron chi connectivity index (χ0n) is 22.2. The molecule has 0 saturated heterocycles. The van der Waals surface area contributed by atoms with Gasteiger partial charge in [0.15, 0.2) is 0 Å². The molecule has 11 heteroatoms. The van der Waals surface area contributed by atoms with Gasteiger partial charge in [0.25, 0.3) is 15.9 Å². The minimum atomic E-state index is -4.07. The summed E-state index contributed by atoms with van der Waals surface area (Å²) in [5.41, 5.74) is 7.64. The molecule has 0 saturated carbocycles. The molecule has 0 bridgehead atoms. The first-order valence-electron chi connectivity index (χ1n) is 12.2. The molecule has 0 atom stereocenters. The standard InChI is InChI=1S/C29H27Cl3N4O3S/c1-18-5-8-27(9-6-18)40(38,39)35(28-10-7-23(30)11-19(28)2)17-29(37)34-33-16-22-12-20(3)36(21(22)4)26-14-24(31)13-25(32)15-26/h5-16H,17H2,1-4H3,(H,34,37)/b33-16+. The number of nitrogens with one attached hydrogen (secondary N) is 1. The van der Waals surface area contributed by atoms with Crippen molar-refractivity contribution in [2.75, 3.05) is 10.8 Å². The van der Waals surface area contributed by atoms with Crippen LogP contribution in [0.1, 0.15) is 28.1 Å². The number of aryl methyl sites for hydroxylation is 3. The molecule has 0 aliphatic rings. The number of hydrogen-bond donors (Lipinski definition) is 1. The maximum atomic E-state index is 13.6. The van der Waals surface area contributed by atoms with Gasteiger partial charge in [-0.3, -0.25) is 9.10 Å². The van der Waals surface area contributed by atoms with Gasteiger partial charge in [-0.2, -0.15) is 5.10 Å². The predicted molar refractivity (Wildman–Crippen MR) is 163 cm³/mol. The Hall–Kier alpha value is -3.30. The first-order chi connectivity index (χ1) is 18.9. The minimum Gasteiger partial charge on any atom is -0.318 e. The van der Waals surface area contributed by atoms with Crippen LogP contribution in [0.3, 0.4) is 0 Å². The summed E-state index contributed by atoms with van der Waals surface area (Å²) in [7, 11) is -4.07. The molecule has 0 unspecified atom stereocenters. The maximum Gasteiger partial charge on any atom is 0.264 e. The van der Waals surface area contributed by atoms with E-state index in [-0.39, 0.29) is 4.90 Å². The SMILES string of the molecule is Cc1ccc(S(=O)(=O)N(CC(=O)N/N=C/c2cc(C)n(-c3cc(Cl)cc(Cl)c3)c2C)c2ccc(Cl)cc2C)cc1. The molecular formula is C29H27Cl3N4O3S. The predicted octanol–water partition coefficient (Wildman–Crippen LogP) is 7.02. The second kappa shape index (κ2) is 12.1. The Morgan fingerprint density at radius 1 is 0.900 bits per heavy atom. The quantitative estimate of drug-likeness (QED) is 0.170. The average Bonchev–Trinajstić information content (AvgIpc) is 3.15. The number of hydrogen-bond acceptors (Lipinski definition) is 4. The summed E-state index contributed by atoms with van der Waals surface area (Å²) in [5.74, 6) is -0.614. The largest absolute Gasteiger partial charge is 0.318 e. The number of anilines is 1. The van der Waals surface area contributed by atoms with Crippen LogP contribution in [0.5, 0.6) is 0 Å². The van der Waals surface area contributed by atoms with Gasteiger partial charge in [-0.05, 0) is 87.9 Å². The van der Waals surface area contributed by atoms with E-state index in [0.717, 1.165) is 32.5 Å². The van der Waals surface area contributed by atoms with Gasteiger partial charge < -0.3 is 4.57 Å². The van der Waals surface area contributed by atoms with E-state index in [1.165, 1.54) is 18.3 Å². The number of aromatic nitrogens is 1. The minimum absolute atomic E-state index is 0.0670. The van der Waals surface area contributed by atoms with E-state index in [2.05, 4.69) is 10.5 Å². The fourth-order valence-electron chi connectivity index (χ4n) is 4.36. The summed E-state index contributed by atoms with van der Waals surface area (Å²) in [6.07, 6.45) is 1.51. The normalized spacial score (nSPS) is 11.7. The van der Waals surface area contributed by atoms with E-state index in [4.69, 9.17) is 34.8 Å². The van der Waals surface area contributed by atoms with E-state index >= 15 is 0 Å². The van der Waals surface area contributed by atoms with Crippen LogP contribution in [0.15, 0.2) is 76.7 Å². The Balaban J connectivity index is 1.58. The molecule has 0 aliphatic carbocycles. The Labute approximate surface area is 249 Å². The van der Waals surface area contributed by atoms with Gasteiger partial charge in [0.1, 0.15) is 6.54 Å². The van der Waals surface area contributed by atoms with Crippen molar-refractivity contribution >= 4 is 62.6 Å². The van der Waals surface area contributed by atoms with E-state index in [1.807, 2.05) is 31.4 Å². The lowest BCUT2D eigenvalue weighted by molar-refractivity contribution is -0.119. The van der Waals surface area contributed by atoms with Gasteiger partial charge in [0, 0.05) is 37.7 Å². The smallest absolute Gasteiger partial charge is 0.264 e. The molecule has 3 aromatic carbocycles. The number of carbonyl (C=O) groups excluding carboxylic acids is 1. The van der Waals surface area contributed by atoms with E-state index in [1.54, 1.807) is 55.5 Å². The van der Waals surface area contributed by atoms with Crippen molar-refractivity contribution in [2.24, 2.45) is 5.10 Å². The van der Waals surface area contributed by atoms with Crippen LogP contribution in [0.4, 0.5) is 5.69 Å². The lowest BCUT2D eigenvalue weighted by Crippen LogP contribution is -2.40. The van der Waals surface area contributed by atoms with E-state index in [0.29, 0.717) is 26.3 Å². The van der Waals surface area contributed by atoms with Crippen LogP contribution in [-0.4, -0.2) is 31.7 Å². The molecule has 1 amide bonds. The summed E-state index contributed by atoms with van der Waals surface area (Å²) in [5, 5.41) is 5.59. The van der Waals surface area contributed by atoms with Crippen molar-refractivity contribution in [1.82, 2.24) is 9.99 Å². The van der Waals surface area contributed by atoms with Gasteiger partial charge in [0.2, 0.25) is 0 Å². The van der Waals surface area contributed by atoms with Crippen molar-refractivity contribution < 1.29 is 13.2 Å². The van der Waals surface area contributed by atoms with E-state index < -0.39 is 22.5 Å². The Bertz CT molecular complexity index is 1700. The third-order valence-corrected chi connectivity index (χ3v) is 8.74. The molecule has 1 N–H and O–H groups in total. The summed E-state index contributed by atoms with van der Waals surface area (Å²) in [6, 6.07) is 18.4. The highest BCUT2D eigenvalue weighted by molar-refractivity contribution is 7.92. The number of halogens is 3. The number of sulfonamides is 1. The zero-order valence-corrected chi connectivity index (χ0v) is 25.3. The monoisotopic (exact) mass is 616 g/mol. The zero-order chi connectivity index (χ0) is 29.2. The van der Waals surface area contributed by atoms with Crippen molar-refractivity contribution in [3.63, 3.8) is 0 Å². The van der Waals surface area contributed by atoms with Gasteiger partial charge in [-0.25, -0.2) is 13.8 Å². The fraction of sp³-hybridized carbons (Fsp3) is 0.172. The summed E-state index contributed by atoms with van der Waals surface area (Å²) >= 11 is 18.5. The van der Waals surface area contributed by atoms with Crippen LogP contribution >= 0.6 is 34.8 Å². The van der Waals surface area contributed by atoms with Crippen LogP contribution < -0.4 is 9.73 Å². The van der Waals surface area contributed by atoms with Crippen LogP contribution in [-0.2, 0) is 14.8 Å². The summed E-state index contributed by atoms with van der Waals surface area (Å²) in [6.45, 7) is 6.95. The van der Waals surface area contributed by atoms with Crippen LogP contribution in [0, 0.1) is 27.7 Å². The molecule has 0 fully saturated rings. The lowest BCUT2D eigenvalue weighted by Gasteiger charge is -2.25. The first-order valence-corrected chi connectivity index (χ1v) is 14.8. The number of nitrogens with zero attached hydrogens (tertiary/aromatic N) is 3. The van der Waals surface area contributed by atoms with Crippen molar-refractivity contribution in [2.45, 2.75) is 32.6 Å². The highest BCUT2D eigenvalue weighted by atomic mass is 35.5. The molecule has 7 nitrogen and oxygen atoms in total. The number of hydrazone groups is 1. The van der Waals surface area contributed by atoms with Gasteiger partial charge >= 0.3 is 0 Å². The molecule has 1 heterocycles. The molecule has 0 aliphatic heterocycles. The third-order valence-electron chi connectivity index (χ3n) is 6.29. The Morgan fingerprint density at radius 2 is 1.55 bits per heavy atom. The molecule has 0 spiro atoms. The second-order valence-corrected chi connectivity index (χ2v) is 12.5. The first kappa shape index (κ1) is 29.7. The molecule has 0 radical (unpaired) electrons. The highest BCUT2D eigenvalue weighted by Gasteiger charge is 2.28. The van der Waals surface area contributed by atoms with Crippen molar-refractivity contribution in [1.29, 1.82) is 0 Å². The highest BCUT2D eigenvalue weighted by Crippen LogP contribution is 2.29. The fourth-order valence-corrected chi connectivity index (χ4v) is 6.59. The Morgan fingerprint density at radius 3 is 2.17 bits per heavy atom.